The minimum atomic E-state index is -0.425. The van der Waals surface area contributed by atoms with Crippen LogP contribution in [0.1, 0.15) is 17.4 Å². The van der Waals surface area contributed by atoms with Crippen molar-refractivity contribution in [1.29, 1.82) is 0 Å². The number of hydrogen-bond acceptors (Lipinski definition) is 4. The van der Waals surface area contributed by atoms with E-state index in [0.29, 0.717) is 5.76 Å². The Morgan fingerprint density at radius 1 is 1.00 bits per heavy atom. The second-order valence-electron chi connectivity index (χ2n) is 5.84. The summed E-state index contributed by atoms with van der Waals surface area (Å²) in [4.78, 5) is 4.41. The Balaban J connectivity index is 0.00000196. The lowest BCUT2D eigenvalue weighted by molar-refractivity contribution is 0.404. The first-order valence-electron chi connectivity index (χ1n) is 8.09. The third-order valence-electron chi connectivity index (χ3n) is 4.28. The van der Waals surface area contributed by atoms with Crippen LogP contribution in [0.5, 0.6) is 5.75 Å². The van der Waals surface area contributed by atoms with Crippen molar-refractivity contribution < 1.29 is 9.15 Å². The van der Waals surface area contributed by atoms with Crippen molar-refractivity contribution >= 4 is 23.4 Å². The molecule has 4 nitrogen and oxygen atoms in total. The number of rotatable bonds is 4. The van der Waals surface area contributed by atoms with E-state index >= 15 is 0 Å². The first-order chi connectivity index (χ1) is 12.3. The van der Waals surface area contributed by atoms with E-state index in [1.165, 1.54) is 0 Å². The van der Waals surface area contributed by atoms with Crippen molar-refractivity contribution in [3.8, 4) is 17.0 Å². The van der Waals surface area contributed by atoms with Crippen molar-refractivity contribution in [3.63, 3.8) is 0 Å². The fourth-order valence-corrected chi connectivity index (χ4v) is 2.98. The molecule has 5 heteroatoms. The molecular formula is C21H19ClN2O2. The molecule has 0 bridgehead atoms. The molecule has 0 aliphatic rings. The maximum Gasteiger partial charge on any atom is 0.134 e. The summed E-state index contributed by atoms with van der Waals surface area (Å²) in [6, 6.07) is 21.2. The van der Waals surface area contributed by atoms with Crippen molar-refractivity contribution in [1.82, 2.24) is 4.98 Å². The van der Waals surface area contributed by atoms with E-state index in [4.69, 9.17) is 14.9 Å². The second-order valence-corrected chi connectivity index (χ2v) is 5.84. The van der Waals surface area contributed by atoms with Crippen LogP contribution < -0.4 is 10.5 Å². The Labute approximate surface area is 158 Å². The van der Waals surface area contributed by atoms with Gasteiger partial charge in [0.1, 0.15) is 17.1 Å². The van der Waals surface area contributed by atoms with Crippen LogP contribution in [-0.2, 0) is 0 Å². The highest BCUT2D eigenvalue weighted by Crippen LogP contribution is 2.34. The van der Waals surface area contributed by atoms with Gasteiger partial charge in [-0.15, -0.1) is 12.4 Å². The van der Waals surface area contributed by atoms with Crippen LogP contribution in [0.25, 0.3) is 22.2 Å². The summed E-state index contributed by atoms with van der Waals surface area (Å²) < 4.78 is 11.4. The van der Waals surface area contributed by atoms with E-state index in [2.05, 4.69) is 4.98 Å². The number of para-hydroxylation sites is 1. The van der Waals surface area contributed by atoms with E-state index in [1.807, 2.05) is 66.7 Å². The summed E-state index contributed by atoms with van der Waals surface area (Å²) in [7, 11) is 1.64. The van der Waals surface area contributed by atoms with Crippen LogP contribution in [0.15, 0.2) is 77.3 Å². The van der Waals surface area contributed by atoms with Gasteiger partial charge in [0.2, 0.25) is 0 Å². The summed E-state index contributed by atoms with van der Waals surface area (Å²) in [5, 5.41) is 1.03. The van der Waals surface area contributed by atoms with E-state index in [-0.39, 0.29) is 12.4 Å². The summed E-state index contributed by atoms with van der Waals surface area (Å²) in [5.74, 6) is 1.44. The molecule has 0 aliphatic carbocycles. The van der Waals surface area contributed by atoms with Crippen LogP contribution in [0.2, 0.25) is 0 Å². The third-order valence-corrected chi connectivity index (χ3v) is 4.28. The van der Waals surface area contributed by atoms with Crippen LogP contribution >= 0.6 is 12.4 Å². The minimum absolute atomic E-state index is 0. The SMILES string of the molecule is COc1ccc(-c2ccccn2)cc1C(N)c1cc2ccccc2o1.Cl. The number of fused-ring (bicyclic) bond motifs is 1. The summed E-state index contributed by atoms with van der Waals surface area (Å²) in [5.41, 5.74) is 10.1. The Morgan fingerprint density at radius 2 is 1.81 bits per heavy atom. The number of furan rings is 1. The molecule has 0 saturated heterocycles. The number of ether oxygens (including phenoxy) is 1. The van der Waals surface area contributed by atoms with Crippen LogP contribution in [0.3, 0.4) is 0 Å². The van der Waals surface area contributed by atoms with Gasteiger partial charge < -0.3 is 14.9 Å². The summed E-state index contributed by atoms with van der Waals surface area (Å²) >= 11 is 0. The number of halogens is 1. The van der Waals surface area contributed by atoms with Gasteiger partial charge in [0.05, 0.1) is 18.8 Å². The highest BCUT2D eigenvalue weighted by molar-refractivity contribution is 5.85. The van der Waals surface area contributed by atoms with Gasteiger partial charge in [-0.2, -0.15) is 0 Å². The molecule has 1 unspecified atom stereocenters. The fraction of sp³-hybridized carbons (Fsp3) is 0.0952. The number of hydrogen-bond donors (Lipinski definition) is 1. The topological polar surface area (TPSA) is 61.3 Å². The zero-order valence-corrected chi connectivity index (χ0v) is 15.1. The van der Waals surface area contributed by atoms with E-state index in [0.717, 1.165) is 33.5 Å². The average molecular weight is 367 g/mol. The molecule has 26 heavy (non-hydrogen) atoms. The lowest BCUT2D eigenvalue weighted by Gasteiger charge is -2.15. The molecule has 4 rings (SSSR count). The smallest absolute Gasteiger partial charge is 0.134 e. The molecule has 132 valence electrons. The number of benzene rings is 2. The van der Waals surface area contributed by atoms with E-state index in [1.54, 1.807) is 13.3 Å². The molecule has 0 saturated carbocycles. The van der Waals surface area contributed by atoms with Gasteiger partial charge in [-0.3, -0.25) is 4.98 Å². The largest absolute Gasteiger partial charge is 0.496 e. The van der Waals surface area contributed by atoms with E-state index in [9.17, 15) is 0 Å². The minimum Gasteiger partial charge on any atom is -0.496 e. The molecule has 0 aliphatic heterocycles. The fourth-order valence-electron chi connectivity index (χ4n) is 2.98. The predicted molar refractivity (Wildman–Crippen MR) is 106 cm³/mol. The molecule has 0 fully saturated rings. The number of nitrogens with zero attached hydrogens (tertiary/aromatic N) is 1. The quantitative estimate of drug-likeness (QED) is 0.553. The molecule has 2 N–H and O–H groups in total. The number of nitrogens with two attached hydrogens (primary N) is 1. The number of methoxy groups -OCH3 is 1. The van der Waals surface area contributed by atoms with Gasteiger partial charge in [-0.1, -0.05) is 24.3 Å². The Bertz CT molecular complexity index is 982. The van der Waals surface area contributed by atoms with Gasteiger partial charge in [0.15, 0.2) is 0 Å². The van der Waals surface area contributed by atoms with Gasteiger partial charge in [0, 0.05) is 22.7 Å². The highest BCUT2D eigenvalue weighted by Gasteiger charge is 2.19. The monoisotopic (exact) mass is 366 g/mol. The normalized spacial score (nSPS) is 11.8. The Kier molecular flexibility index (Phi) is 5.26. The third kappa shape index (κ3) is 3.29. The van der Waals surface area contributed by atoms with Crippen LogP contribution in [-0.4, -0.2) is 12.1 Å². The zero-order chi connectivity index (χ0) is 17.2. The second kappa shape index (κ2) is 7.60. The molecule has 0 spiro atoms. The first kappa shape index (κ1) is 18.0. The Hall–Kier alpha value is -2.82. The van der Waals surface area contributed by atoms with Gasteiger partial charge in [-0.05, 0) is 42.5 Å². The van der Waals surface area contributed by atoms with Crippen LogP contribution in [0, 0.1) is 0 Å². The summed E-state index contributed by atoms with van der Waals surface area (Å²) in [6.07, 6.45) is 1.78. The van der Waals surface area contributed by atoms with Crippen molar-refractivity contribution in [2.45, 2.75) is 6.04 Å². The van der Waals surface area contributed by atoms with E-state index < -0.39 is 6.04 Å². The molecular weight excluding hydrogens is 348 g/mol. The first-order valence-corrected chi connectivity index (χ1v) is 8.09. The number of pyridine rings is 1. The van der Waals surface area contributed by atoms with Gasteiger partial charge in [0.25, 0.3) is 0 Å². The molecule has 1 atom stereocenters. The molecule has 4 aromatic rings. The molecule has 2 aromatic carbocycles. The lowest BCUT2D eigenvalue weighted by Crippen LogP contribution is -2.12. The predicted octanol–water partition coefficient (Wildman–Crippen LogP) is 4.97. The molecule has 0 amide bonds. The Morgan fingerprint density at radius 3 is 2.54 bits per heavy atom. The van der Waals surface area contributed by atoms with Crippen molar-refractivity contribution in [3.05, 3.63) is 84.3 Å². The summed E-state index contributed by atoms with van der Waals surface area (Å²) in [6.45, 7) is 0. The lowest BCUT2D eigenvalue weighted by atomic mass is 9.99. The van der Waals surface area contributed by atoms with Crippen molar-refractivity contribution in [2.75, 3.05) is 7.11 Å². The zero-order valence-electron chi connectivity index (χ0n) is 14.3. The molecule has 2 aromatic heterocycles. The van der Waals surface area contributed by atoms with Gasteiger partial charge >= 0.3 is 0 Å². The van der Waals surface area contributed by atoms with Crippen LogP contribution in [0.4, 0.5) is 0 Å². The maximum atomic E-state index is 6.51. The van der Waals surface area contributed by atoms with Gasteiger partial charge in [-0.25, -0.2) is 0 Å². The maximum absolute atomic E-state index is 6.51. The molecule has 2 heterocycles. The standard InChI is InChI=1S/C21H18N2O2.ClH/c1-24-19-10-9-14(17-7-4-5-11-23-17)12-16(19)21(22)20-13-15-6-2-3-8-18(15)25-20;/h2-13,21H,22H2,1H3;1H. The average Bonchev–Trinajstić information content (AvgIpc) is 3.12. The molecule has 0 radical (unpaired) electrons. The number of aromatic nitrogens is 1. The highest BCUT2D eigenvalue weighted by atomic mass is 35.5. The van der Waals surface area contributed by atoms with Crippen molar-refractivity contribution in [2.24, 2.45) is 5.73 Å².